The van der Waals surface area contributed by atoms with Crippen molar-refractivity contribution < 1.29 is 18.5 Å². The van der Waals surface area contributed by atoms with Gasteiger partial charge in [0.2, 0.25) is 0 Å². The monoisotopic (exact) mass is 250 g/mol. The molecule has 16 heavy (non-hydrogen) atoms. The van der Waals surface area contributed by atoms with Crippen molar-refractivity contribution in [2.75, 3.05) is 0 Å². The molecule has 1 heterocycles. The molecule has 5 nitrogen and oxygen atoms in total. The van der Waals surface area contributed by atoms with Crippen LogP contribution in [0.1, 0.15) is 28.2 Å². The summed E-state index contributed by atoms with van der Waals surface area (Å²) in [5.41, 5.74) is -2.36. The van der Waals surface area contributed by atoms with Gasteiger partial charge in [-0.3, -0.25) is 14.9 Å². The largest absolute Gasteiger partial charge is 0.299 e. The van der Waals surface area contributed by atoms with E-state index in [4.69, 9.17) is 11.6 Å². The summed E-state index contributed by atoms with van der Waals surface area (Å²) < 4.78 is 25.0. The maximum absolute atomic E-state index is 12.5. The van der Waals surface area contributed by atoms with Crippen molar-refractivity contribution in [3.8, 4) is 0 Å². The topological polar surface area (TPSA) is 73.1 Å². The van der Waals surface area contributed by atoms with E-state index in [1.54, 1.807) is 0 Å². The number of pyridine rings is 1. The Labute approximate surface area is 93.2 Å². The molecular weight excluding hydrogens is 246 g/mol. The molecule has 0 saturated heterocycles. The second-order valence-electron chi connectivity index (χ2n) is 2.89. The third-order valence-electron chi connectivity index (χ3n) is 1.80. The molecule has 86 valence electrons. The maximum Gasteiger partial charge on any atom is 0.299 e. The zero-order chi connectivity index (χ0) is 12.5. The van der Waals surface area contributed by atoms with E-state index < -0.39 is 33.7 Å². The number of carbonyl (C=O) groups is 1. The van der Waals surface area contributed by atoms with Crippen molar-refractivity contribution in [3.05, 3.63) is 33.1 Å². The first-order chi connectivity index (χ1) is 7.34. The number of hydrogen-bond donors (Lipinski definition) is 0. The molecule has 0 bridgehead atoms. The lowest BCUT2D eigenvalue weighted by Gasteiger charge is -2.05. The van der Waals surface area contributed by atoms with Crippen molar-refractivity contribution in [2.24, 2.45) is 0 Å². The first-order valence-electron chi connectivity index (χ1n) is 3.98. The van der Waals surface area contributed by atoms with Gasteiger partial charge in [0.05, 0.1) is 4.92 Å². The summed E-state index contributed by atoms with van der Waals surface area (Å²) in [4.78, 5) is 23.5. The van der Waals surface area contributed by atoms with Crippen LogP contribution in [0.3, 0.4) is 0 Å². The first kappa shape index (κ1) is 12.4. The lowest BCUT2D eigenvalue weighted by atomic mass is 10.1. The van der Waals surface area contributed by atoms with Crippen LogP contribution in [0, 0.1) is 17.0 Å². The molecule has 0 amide bonds. The Balaban J connectivity index is 3.51. The van der Waals surface area contributed by atoms with Gasteiger partial charge in [0.1, 0.15) is 5.69 Å². The number of nitrogens with zero attached hydrogens (tertiary/aromatic N) is 2. The summed E-state index contributed by atoms with van der Waals surface area (Å²) in [6.45, 7) is 1.23. The van der Waals surface area contributed by atoms with E-state index in [1.165, 1.54) is 6.92 Å². The van der Waals surface area contributed by atoms with Crippen LogP contribution in [-0.4, -0.2) is 15.1 Å². The van der Waals surface area contributed by atoms with E-state index in [2.05, 4.69) is 4.98 Å². The molecule has 0 atom stereocenters. The SMILES string of the molecule is Cc1cc(C(=O)Cl)nc(C(F)F)c1[N+](=O)[O-]. The Hall–Kier alpha value is -1.63. The van der Waals surface area contributed by atoms with Crippen molar-refractivity contribution >= 4 is 22.5 Å². The summed E-state index contributed by atoms with van der Waals surface area (Å²) in [6.07, 6.45) is -3.14. The van der Waals surface area contributed by atoms with E-state index in [-0.39, 0.29) is 5.56 Å². The maximum atomic E-state index is 12.5. The van der Waals surface area contributed by atoms with Crippen LogP contribution in [0.25, 0.3) is 0 Å². The van der Waals surface area contributed by atoms with Gasteiger partial charge in [-0.25, -0.2) is 13.8 Å². The lowest BCUT2D eigenvalue weighted by Crippen LogP contribution is -2.06. The Morgan fingerprint density at radius 1 is 1.62 bits per heavy atom. The quantitative estimate of drug-likeness (QED) is 0.469. The van der Waals surface area contributed by atoms with Crippen LogP contribution < -0.4 is 0 Å². The van der Waals surface area contributed by atoms with Crippen LogP contribution in [0.5, 0.6) is 0 Å². The minimum Gasteiger partial charge on any atom is -0.274 e. The fourth-order valence-corrected chi connectivity index (χ4v) is 1.28. The highest BCUT2D eigenvalue weighted by Crippen LogP contribution is 2.30. The third kappa shape index (κ3) is 2.30. The van der Waals surface area contributed by atoms with Crippen LogP contribution in [0.4, 0.5) is 14.5 Å². The molecule has 0 saturated carbocycles. The van der Waals surface area contributed by atoms with Crippen LogP contribution in [0.15, 0.2) is 6.07 Å². The van der Waals surface area contributed by atoms with Gasteiger partial charge < -0.3 is 0 Å². The van der Waals surface area contributed by atoms with E-state index >= 15 is 0 Å². The highest BCUT2D eigenvalue weighted by Gasteiger charge is 2.27. The van der Waals surface area contributed by atoms with Gasteiger partial charge >= 0.3 is 0 Å². The van der Waals surface area contributed by atoms with Gasteiger partial charge in [-0.1, -0.05) is 0 Å². The molecule has 0 aliphatic heterocycles. The summed E-state index contributed by atoms with van der Waals surface area (Å²) >= 11 is 5.07. The van der Waals surface area contributed by atoms with Crippen molar-refractivity contribution in [1.82, 2.24) is 4.98 Å². The summed E-state index contributed by atoms with van der Waals surface area (Å²) in [6, 6.07) is 0.999. The van der Waals surface area contributed by atoms with E-state index in [0.29, 0.717) is 0 Å². The standard InChI is InChI=1S/C8H5ClF2N2O3/c1-3-2-4(7(9)14)12-5(8(10)11)6(3)13(15)16/h2,8H,1H3. The van der Waals surface area contributed by atoms with E-state index in [1.807, 2.05) is 0 Å². The molecule has 0 radical (unpaired) electrons. The number of aryl methyl sites for hydroxylation is 1. The number of nitro groups is 1. The minimum atomic E-state index is -3.14. The van der Waals surface area contributed by atoms with Gasteiger partial charge in [0, 0.05) is 5.56 Å². The molecule has 0 aliphatic carbocycles. The second kappa shape index (κ2) is 4.48. The van der Waals surface area contributed by atoms with Crippen LogP contribution in [0.2, 0.25) is 0 Å². The number of alkyl halides is 2. The Kier molecular flexibility index (Phi) is 3.48. The second-order valence-corrected chi connectivity index (χ2v) is 3.23. The molecule has 1 aromatic rings. The molecule has 1 rings (SSSR count). The van der Waals surface area contributed by atoms with Gasteiger partial charge in [0.15, 0.2) is 5.69 Å². The molecule has 0 aromatic carbocycles. The fraction of sp³-hybridized carbons (Fsp3) is 0.250. The van der Waals surface area contributed by atoms with Crippen LogP contribution >= 0.6 is 11.6 Å². The lowest BCUT2D eigenvalue weighted by molar-refractivity contribution is -0.387. The zero-order valence-corrected chi connectivity index (χ0v) is 8.66. The Bertz CT molecular complexity index is 465. The molecule has 1 aromatic heterocycles. The average molecular weight is 251 g/mol. The van der Waals surface area contributed by atoms with Crippen LogP contribution in [-0.2, 0) is 0 Å². The van der Waals surface area contributed by atoms with Crippen molar-refractivity contribution in [1.29, 1.82) is 0 Å². The summed E-state index contributed by atoms with van der Waals surface area (Å²) in [5.74, 6) is 0. The molecule has 0 spiro atoms. The van der Waals surface area contributed by atoms with E-state index in [9.17, 15) is 23.7 Å². The predicted octanol–water partition coefficient (Wildman–Crippen LogP) is 2.61. The number of hydrogen-bond acceptors (Lipinski definition) is 4. The van der Waals surface area contributed by atoms with Gasteiger partial charge in [0.25, 0.3) is 17.4 Å². The minimum absolute atomic E-state index is 0.0840. The molecule has 0 aliphatic rings. The van der Waals surface area contributed by atoms with E-state index in [0.717, 1.165) is 6.07 Å². The molecule has 0 fully saturated rings. The average Bonchev–Trinajstić information content (AvgIpc) is 2.15. The van der Waals surface area contributed by atoms with Gasteiger partial charge in [-0.15, -0.1) is 0 Å². The van der Waals surface area contributed by atoms with Crippen molar-refractivity contribution in [3.63, 3.8) is 0 Å². The molecular formula is C8H5ClF2N2O3. The molecule has 0 unspecified atom stereocenters. The highest BCUT2D eigenvalue weighted by atomic mass is 35.5. The zero-order valence-electron chi connectivity index (χ0n) is 7.91. The highest BCUT2D eigenvalue weighted by molar-refractivity contribution is 6.67. The molecule has 0 N–H and O–H groups in total. The Morgan fingerprint density at radius 2 is 2.19 bits per heavy atom. The number of carbonyl (C=O) groups excluding carboxylic acids is 1. The number of rotatable bonds is 3. The number of aromatic nitrogens is 1. The van der Waals surface area contributed by atoms with Gasteiger partial charge in [-0.05, 0) is 24.6 Å². The van der Waals surface area contributed by atoms with Crippen molar-refractivity contribution in [2.45, 2.75) is 13.3 Å². The van der Waals surface area contributed by atoms with Gasteiger partial charge in [-0.2, -0.15) is 0 Å². The number of halogens is 3. The normalized spacial score (nSPS) is 10.6. The predicted molar refractivity (Wildman–Crippen MR) is 50.8 cm³/mol. The Morgan fingerprint density at radius 3 is 2.56 bits per heavy atom. The fourth-order valence-electron chi connectivity index (χ4n) is 1.18. The summed E-state index contributed by atoms with van der Waals surface area (Å²) in [5, 5.41) is 9.50. The molecule has 8 heteroatoms. The third-order valence-corrected chi connectivity index (χ3v) is 1.99. The first-order valence-corrected chi connectivity index (χ1v) is 4.36. The smallest absolute Gasteiger partial charge is 0.274 e. The summed E-state index contributed by atoms with van der Waals surface area (Å²) in [7, 11) is 0.